The largest absolute Gasteiger partial charge is 0.482 e. The first-order valence-electron chi connectivity index (χ1n) is 7.38. The summed E-state index contributed by atoms with van der Waals surface area (Å²) in [6.07, 6.45) is 0.430. The first-order valence-corrected chi connectivity index (χ1v) is 8.13. The molecule has 4 nitrogen and oxygen atoms in total. The second kappa shape index (κ2) is 8.71. The zero-order valence-corrected chi connectivity index (χ0v) is 14.6. The summed E-state index contributed by atoms with van der Waals surface area (Å²) in [5.41, 5.74) is 0.969. The number of Topliss-reactive ketones (excluding diaryl/α,β-unsaturated/α-hetero) is 1. The highest BCUT2D eigenvalue weighted by Gasteiger charge is 2.18. The van der Waals surface area contributed by atoms with Gasteiger partial charge in [-0.15, -0.1) is 0 Å². The maximum absolute atomic E-state index is 12.1. The summed E-state index contributed by atoms with van der Waals surface area (Å²) in [5.74, 6) is -0.197. The SMILES string of the molecule is CC(=O)[C@H](Cc1ccccc1)NC(=O)COc1cccc(Cl)c1Cl. The van der Waals surface area contributed by atoms with Crippen molar-refractivity contribution in [3.63, 3.8) is 0 Å². The van der Waals surface area contributed by atoms with Crippen molar-refractivity contribution in [3.05, 3.63) is 64.1 Å². The fourth-order valence-electron chi connectivity index (χ4n) is 2.12. The molecule has 0 unspecified atom stereocenters. The van der Waals surface area contributed by atoms with Crippen LogP contribution in [-0.2, 0) is 16.0 Å². The molecule has 0 radical (unpaired) electrons. The fourth-order valence-corrected chi connectivity index (χ4v) is 2.47. The summed E-state index contributed by atoms with van der Waals surface area (Å²) in [5, 5.41) is 3.28. The molecule has 0 saturated heterocycles. The van der Waals surface area contributed by atoms with Gasteiger partial charge in [0.1, 0.15) is 10.8 Å². The van der Waals surface area contributed by atoms with Gasteiger partial charge in [-0.3, -0.25) is 9.59 Å². The zero-order chi connectivity index (χ0) is 17.5. The molecule has 1 N–H and O–H groups in total. The molecule has 2 aromatic rings. The second-order valence-corrected chi connectivity index (χ2v) is 6.05. The lowest BCUT2D eigenvalue weighted by molar-refractivity contribution is -0.128. The Morgan fingerprint density at radius 3 is 2.46 bits per heavy atom. The maximum atomic E-state index is 12.1. The average molecular weight is 366 g/mol. The highest BCUT2D eigenvalue weighted by molar-refractivity contribution is 6.42. The van der Waals surface area contributed by atoms with E-state index in [9.17, 15) is 9.59 Å². The third-order valence-electron chi connectivity index (χ3n) is 3.38. The van der Waals surface area contributed by atoms with Crippen LogP contribution in [-0.4, -0.2) is 24.3 Å². The van der Waals surface area contributed by atoms with Gasteiger partial charge in [-0.05, 0) is 31.0 Å². The molecule has 2 aromatic carbocycles. The summed E-state index contributed by atoms with van der Waals surface area (Å²) >= 11 is 11.9. The van der Waals surface area contributed by atoms with Crippen LogP contribution in [0.3, 0.4) is 0 Å². The topological polar surface area (TPSA) is 55.4 Å². The van der Waals surface area contributed by atoms with Crippen LogP contribution in [0.5, 0.6) is 5.75 Å². The Bertz CT molecular complexity index is 719. The molecule has 0 bridgehead atoms. The van der Waals surface area contributed by atoms with Crippen molar-refractivity contribution in [1.82, 2.24) is 5.32 Å². The maximum Gasteiger partial charge on any atom is 0.258 e. The molecule has 126 valence electrons. The van der Waals surface area contributed by atoms with Crippen LogP contribution in [0, 0.1) is 0 Å². The lowest BCUT2D eigenvalue weighted by Crippen LogP contribution is -2.43. The van der Waals surface area contributed by atoms with Crippen LogP contribution in [0.4, 0.5) is 0 Å². The summed E-state index contributed by atoms with van der Waals surface area (Å²) in [6, 6.07) is 13.8. The van der Waals surface area contributed by atoms with Gasteiger partial charge in [0, 0.05) is 0 Å². The summed E-state index contributed by atoms with van der Waals surface area (Å²) < 4.78 is 5.37. The van der Waals surface area contributed by atoms with Crippen molar-refractivity contribution >= 4 is 34.9 Å². The third-order valence-corrected chi connectivity index (χ3v) is 4.19. The minimum absolute atomic E-state index is 0.118. The normalized spacial score (nSPS) is 11.6. The molecule has 1 atom stereocenters. The molecule has 0 spiro atoms. The van der Waals surface area contributed by atoms with Crippen LogP contribution in [0.2, 0.25) is 10.0 Å². The van der Waals surface area contributed by atoms with Crippen molar-refractivity contribution < 1.29 is 14.3 Å². The molecule has 24 heavy (non-hydrogen) atoms. The second-order valence-electron chi connectivity index (χ2n) is 5.26. The molecule has 0 saturated carbocycles. The molecule has 0 heterocycles. The predicted molar refractivity (Wildman–Crippen MR) is 94.7 cm³/mol. The van der Waals surface area contributed by atoms with E-state index < -0.39 is 11.9 Å². The quantitative estimate of drug-likeness (QED) is 0.813. The molecule has 0 aliphatic carbocycles. The van der Waals surface area contributed by atoms with Crippen LogP contribution < -0.4 is 10.1 Å². The molecular weight excluding hydrogens is 349 g/mol. The van der Waals surface area contributed by atoms with Gasteiger partial charge in [0.15, 0.2) is 12.4 Å². The number of halogens is 2. The minimum atomic E-state index is -0.599. The van der Waals surface area contributed by atoms with Crippen LogP contribution in [0.1, 0.15) is 12.5 Å². The first kappa shape index (κ1) is 18.3. The van der Waals surface area contributed by atoms with Gasteiger partial charge >= 0.3 is 0 Å². The van der Waals surface area contributed by atoms with Crippen LogP contribution >= 0.6 is 23.2 Å². The molecule has 0 aliphatic rings. The summed E-state index contributed by atoms with van der Waals surface area (Å²) in [6.45, 7) is 1.20. The van der Waals surface area contributed by atoms with Gasteiger partial charge in [-0.2, -0.15) is 0 Å². The van der Waals surface area contributed by atoms with E-state index in [-0.39, 0.29) is 17.4 Å². The Hall–Kier alpha value is -2.04. The summed E-state index contributed by atoms with van der Waals surface area (Å²) in [4.78, 5) is 23.8. The van der Waals surface area contributed by atoms with Crippen molar-refractivity contribution in [2.24, 2.45) is 0 Å². The van der Waals surface area contributed by atoms with E-state index in [1.807, 2.05) is 30.3 Å². The van der Waals surface area contributed by atoms with Gasteiger partial charge in [-0.25, -0.2) is 0 Å². The van der Waals surface area contributed by atoms with Gasteiger partial charge in [0.25, 0.3) is 5.91 Å². The van der Waals surface area contributed by atoms with Gasteiger partial charge < -0.3 is 10.1 Å². The number of rotatable bonds is 7. The molecule has 0 aromatic heterocycles. The van der Waals surface area contributed by atoms with E-state index in [0.29, 0.717) is 17.2 Å². The Labute approximate surface area is 150 Å². The van der Waals surface area contributed by atoms with E-state index in [0.717, 1.165) is 5.56 Å². The predicted octanol–water partition coefficient (Wildman–Crippen LogP) is 3.69. The van der Waals surface area contributed by atoms with Crippen LogP contribution in [0.15, 0.2) is 48.5 Å². The summed E-state index contributed by atoms with van der Waals surface area (Å²) in [7, 11) is 0. The molecule has 0 aliphatic heterocycles. The molecule has 1 amide bonds. The van der Waals surface area contributed by atoms with E-state index in [1.165, 1.54) is 6.92 Å². The van der Waals surface area contributed by atoms with Crippen LogP contribution in [0.25, 0.3) is 0 Å². The standard InChI is InChI=1S/C18H17Cl2NO3/c1-12(22)15(10-13-6-3-2-4-7-13)21-17(23)11-24-16-9-5-8-14(19)18(16)20/h2-9,15H,10-11H2,1H3,(H,21,23)/t15-/m0/s1. The number of nitrogens with one attached hydrogen (secondary N) is 1. The number of ether oxygens (including phenoxy) is 1. The van der Waals surface area contributed by atoms with E-state index >= 15 is 0 Å². The van der Waals surface area contributed by atoms with Crippen molar-refractivity contribution in [2.45, 2.75) is 19.4 Å². The number of hydrogen-bond donors (Lipinski definition) is 1. The Balaban J connectivity index is 1.93. The lowest BCUT2D eigenvalue weighted by atomic mass is 10.0. The fraction of sp³-hybridized carbons (Fsp3) is 0.222. The minimum Gasteiger partial charge on any atom is -0.482 e. The molecule has 6 heteroatoms. The van der Waals surface area contributed by atoms with Crippen molar-refractivity contribution in [2.75, 3.05) is 6.61 Å². The number of amides is 1. The third kappa shape index (κ3) is 5.25. The van der Waals surface area contributed by atoms with E-state index in [2.05, 4.69) is 5.32 Å². The Morgan fingerprint density at radius 2 is 1.79 bits per heavy atom. The monoisotopic (exact) mass is 365 g/mol. The Morgan fingerprint density at radius 1 is 1.08 bits per heavy atom. The van der Waals surface area contributed by atoms with Crippen molar-refractivity contribution in [3.8, 4) is 5.75 Å². The van der Waals surface area contributed by atoms with Gasteiger partial charge in [-0.1, -0.05) is 59.6 Å². The molecular formula is C18H17Cl2NO3. The highest BCUT2D eigenvalue weighted by atomic mass is 35.5. The number of carbonyl (C=O) groups is 2. The molecule has 0 fully saturated rings. The van der Waals surface area contributed by atoms with E-state index in [1.54, 1.807) is 18.2 Å². The van der Waals surface area contributed by atoms with E-state index in [4.69, 9.17) is 27.9 Å². The number of benzene rings is 2. The average Bonchev–Trinajstić information content (AvgIpc) is 2.56. The number of carbonyl (C=O) groups excluding carboxylic acids is 2. The number of ketones is 1. The van der Waals surface area contributed by atoms with Crippen molar-refractivity contribution in [1.29, 1.82) is 0 Å². The Kier molecular flexibility index (Phi) is 6.64. The lowest BCUT2D eigenvalue weighted by Gasteiger charge is -2.16. The molecule has 2 rings (SSSR count). The highest BCUT2D eigenvalue weighted by Crippen LogP contribution is 2.31. The zero-order valence-electron chi connectivity index (χ0n) is 13.1. The van der Waals surface area contributed by atoms with Gasteiger partial charge in [0.05, 0.1) is 11.1 Å². The smallest absolute Gasteiger partial charge is 0.258 e. The first-order chi connectivity index (χ1) is 11.5. The number of hydrogen-bond acceptors (Lipinski definition) is 3. The van der Waals surface area contributed by atoms with Gasteiger partial charge in [0.2, 0.25) is 0 Å².